The first kappa shape index (κ1) is 8.71. The molecule has 0 fully saturated rings. The summed E-state index contributed by atoms with van der Waals surface area (Å²) in [4.78, 5) is 11.5. The highest BCUT2D eigenvalue weighted by molar-refractivity contribution is 8.32. The molecule has 0 atom stereocenters. The van der Waals surface area contributed by atoms with E-state index in [1.165, 1.54) is 0 Å². The van der Waals surface area contributed by atoms with E-state index in [-0.39, 0.29) is 0 Å². The minimum absolute atomic E-state index is 0.363. The van der Waals surface area contributed by atoms with Crippen molar-refractivity contribution in [1.82, 2.24) is 4.90 Å². The average Bonchev–Trinajstić information content (AvgIpc) is 1.63. The van der Waals surface area contributed by atoms with E-state index in [4.69, 9.17) is 5.11 Å². The molecule has 5 heteroatoms. The monoisotopic (exact) mass is 165 g/mol. The van der Waals surface area contributed by atoms with E-state index in [0.29, 0.717) is 16.1 Å². The van der Waals surface area contributed by atoms with Crippen molar-refractivity contribution in [2.45, 2.75) is 0 Å². The van der Waals surface area contributed by atoms with E-state index < -0.39 is 5.30 Å². The predicted octanol–water partition coefficient (Wildman–Crippen LogP) is 1.24. The van der Waals surface area contributed by atoms with Crippen molar-refractivity contribution in [3.63, 3.8) is 0 Å². The molecule has 0 aromatic carbocycles. The number of carboxylic acid groups (broad SMARTS) is 1. The Hall–Kier alpha value is -0.290. The Morgan fingerprint density at radius 3 is 2.22 bits per heavy atom. The van der Waals surface area contributed by atoms with Crippen LogP contribution in [-0.4, -0.2) is 33.7 Å². The lowest BCUT2D eigenvalue weighted by atomic mass is 11.0. The van der Waals surface area contributed by atoms with Crippen LogP contribution in [0.15, 0.2) is 0 Å². The molecule has 0 amide bonds. The first-order chi connectivity index (χ1) is 4.04. The number of thiocarbonyl (C=S) groups is 1. The van der Waals surface area contributed by atoms with Gasteiger partial charge in [0.25, 0.3) is 0 Å². The summed E-state index contributed by atoms with van der Waals surface area (Å²) >= 11 is 5.30. The Balaban J connectivity index is 3.64. The highest BCUT2D eigenvalue weighted by Crippen LogP contribution is 2.05. The maximum Gasteiger partial charge on any atom is 0.371 e. The molecule has 0 aliphatic heterocycles. The highest BCUT2D eigenvalue weighted by atomic mass is 32.2. The van der Waals surface area contributed by atoms with E-state index >= 15 is 0 Å². The molecule has 1 N–H and O–H groups in total. The fraction of sp³-hybridized carbons (Fsp3) is 0.500. The molecule has 0 bridgehead atoms. The lowest BCUT2D eigenvalue weighted by molar-refractivity contribution is 0.222. The summed E-state index contributed by atoms with van der Waals surface area (Å²) in [7, 11) is 3.41. The Kier molecular flexibility index (Phi) is 3.56. The number of carbonyl (C=O) groups is 1. The summed E-state index contributed by atoms with van der Waals surface area (Å²) in [5.74, 6) is 0. The van der Waals surface area contributed by atoms with E-state index in [1.54, 1.807) is 19.0 Å². The molecule has 0 spiro atoms. The van der Waals surface area contributed by atoms with Crippen LogP contribution in [0.25, 0.3) is 0 Å². The Morgan fingerprint density at radius 2 is 2.11 bits per heavy atom. The fourth-order valence-electron chi connectivity index (χ4n) is 0.166. The normalized spacial score (nSPS) is 8.67. The molecular formula is C4H7NO2S2. The molecule has 52 valence electrons. The maximum absolute atomic E-state index is 9.96. The van der Waals surface area contributed by atoms with Crippen LogP contribution in [0.4, 0.5) is 4.79 Å². The summed E-state index contributed by atoms with van der Waals surface area (Å²) in [5, 5.41) is 7.22. The maximum atomic E-state index is 9.96. The quantitative estimate of drug-likeness (QED) is 0.547. The van der Waals surface area contributed by atoms with Gasteiger partial charge in [-0.05, 0) is 0 Å². The predicted molar refractivity (Wildman–Crippen MR) is 41.9 cm³/mol. The molecule has 0 saturated heterocycles. The number of hydrogen-bond donors (Lipinski definition) is 1. The SMILES string of the molecule is CN(C)C(=S)SC(=O)O. The summed E-state index contributed by atoms with van der Waals surface area (Å²) < 4.78 is 0.363. The van der Waals surface area contributed by atoms with E-state index in [2.05, 4.69) is 12.2 Å². The molecule has 0 heterocycles. The van der Waals surface area contributed by atoms with Crippen molar-refractivity contribution in [2.24, 2.45) is 0 Å². The van der Waals surface area contributed by atoms with Gasteiger partial charge in [-0.15, -0.1) is 0 Å². The molecule has 0 rings (SSSR count). The van der Waals surface area contributed by atoms with Gasteiger partial charge in [0.05, 0.1) is 0 Å². The number of thioether (sulfide) groups is 1. The topological polar surface area (TPSA) is 40.5 Å². The van der Waals surface area contributed by atoms with Crippen LogP contribution in [-0.2, 0) is 0 Å². The van der Waals surface area contributed by atoms with Gasteiger partial charge >= 0.3 is 5.30 Å². The van der Waals surface area contributed by atoms with Gasteiger partial charge in [0.2, 0.25) is 0 Å². The molecule has 0 aliphatic carbocycles. The Labute approximate surface area is 63.0 Å². The Morgan fingerprint density at radius 1 is 1.67 bits per heavy atom. The number of nitrogens with zero attached hydrogens (tertiary/aromatic N) is 1. The van der Waals surface area contributed by atoms with Crippen molar-refractivity contribution in [3.05, 3.63) is 0 Å². The van der Waals surface area contributed by atoms with E-state index in [0.717, 1.165) is 0 Å². The third kappa shape index (κ3) is 4.23. The van der Waals surface area contributed by atoms with Gasteiger partial charge in [-0.1, -0.05) is 12.2 Å². The second-order valence-corrected chi connectivity index (χ2v) is 3.11. The van der Waals surface area contributed by atoms with Crippen LogP contribution in [0.1, 0.15) is 0 Å². The Bertz CT molecular complexity index is 135. The second kappa shape index (κ2) is 3.68. The second-order valence-electron chi connectivity index (χ2n) is 1.53. The summed E-state index contributed by atoms with van der Waals surface area (Å²) in [5.41, 5.74) is 0. The third-order valence-corrected chi connectivity index (χ3v) is 1.87. The standard InChI is InChI=1S/C4H7NO2S2/c1-5(2)3(8)9-4(6)7/h1-2H3,(H,6,7). The molecule has 0 radical (unpaired) electrons. The largest absolute Gasteiger partial charge is 0.473 e. The molecule has 0 aromatic rings. The lowest BCUT2D eigenvalue weighted by Gasteiger charge is -2.08. The number of hydrogen-bond acceptors (Lipinski definition) is 3. The molecule has 0 aliphatic rings. The zero-order valence-electron chi connectivity index (χ0n) is 5.12. The van der Waals surface area contributed by atoms with Gasteiger partial charge in [-0.2, -0.15) is 0 Å². The van der Waals surface area contributed by atoms with Crippen molar-refractivity contribution in [2.75, 3.05) is 14.1 Å². The van der Waals surface area contributed by atoms with Crippen LogP contribution in [0.3, 0.4) is 0 Å². The molecular weight excluding hydrogens is 158 g/mol. The van der Waals surface area contributed by atoms with E-state index in [9.17, 15) is 4.79 Å². The highest BCUT2D eigenvalue weighted by Gasteiger charge is 2.04. The summed E-state index contributed by atoms with van der Waals surface area (Å²) in [6.45, 7) is 0. The van der Waals surface area contributed by atoms with Gasteiger partial charge in [0.15, 0.2) is 0 Å². The van der Waals surface area contributed by atoms with Crippen molar-refractivity contribution in [3.8, 4) is 0 Å². The van der Waals surface area contributed by atoms with Crippen LogP contribution < -0.4 is 0 Å². The zero-order valence-corrected chi connectivity index (χ0v) is 6.75. The first-order valence-corrected chi connectivity index (χ1v) is 3.38. The van der Waals surface area contributed by atoms with Gasteiger partial charge < -0.3 is 10.0 Å². The average molecular weight is 165 g/mol. The van der Waals surface area contributed by atoms with E-state index in [1.807, 2.05) is 0 Å². The van der Waals surface area contributed by atoms with Crippen molar-refractivity contribution < 1.29 is 9.90 Å². The smallest absolute Gasteiger partial charge is 0.371 e. The van der Waals surface area contributed by atoms with Crippen molar-refractivity contribution >= 4 is 33.6 Å². The third-order valence-electron chi connectivity index (χ3n) is 0.540. The molecule has 0 saturated carbocycles. The minimum atomic E-state index is -0.964. The number of rotatable bonds is 0. The molecule has 0 unspecified atom stereocenters. The minimum Gasteiger partial charge on any atom is -0.473 e. The summed E-state index contributed by atoms with van der Waals surface area (Å²) in [6.07, 6.45) is 0. The van der Waals surface area contributed by atoms with Gasteiger partial charge in [0, 0.05) is 25.9 Å². The van der Waals surface area contributed by atoms with Crippen molar-refractivity contribution in [1.29, 1.82) is 0 Å². The van der Waals surface area contributed by atoms with Crippen LogP contribution >= 0.6 is 24.0 Å². The van der Waals surface area contributed by atoms with Crippen LogP contribution in [0.5, 0.6) is 0 Å². The lowest BCUT2D eigenvalue weighted by Crippen LogP contribution is -2.17. The van der Waals surface area contributed by atoms with Gasteiger partial charge in [0.1, 0.15) is 4.32 Å². The van der Waals surface area contributed by atoms with Gasteiger partial charge in [-0.3, -0.25) is 0 Å². The zero-order chi connectivity index (χ0) is 7.44. The van der Waals surface area contributed by atoms with Gasteiger partial charge in [-0.25, -0.2) is 4.79 Å². The molecule has 3 nitrogen and oxygen atoms in total. The first-order valence-electron chi connectivity index (χ1n) is 2.16. The molecule has 9 heavy (non-hydrogen) atoms. The van der Waals surface area contributed by atoms with Crippen LogP contribution in [0.2, 0.25) is 0 Å². The fourth-order valence-corrected chi connectivity index (χ4v) is 0.712. The summed E-state index contributed by atoms with van der Waals surface area (Å²) in [6, 6.07) is 0. The molecule has 0 aromatic heterocycles. The van der Waals surface area contributed by atoms with Crippen LogP contribution in [0, 0.1) is 0 Å².